The molecule has 0 saturated heterocycles. The van der Waals surface area contributed by atoms with Crippen molar-refractivity contribution in [1.29, 1.82) is 0 Å². The molecule has 2 aromatic carbocycles. The lowest BCUT2D eigenvalue weighted by molar-refractivity contribution is 0.0936. The fourth-order valence-corrected chi connectivity index (χ4v) is 2.75. The van der Waals surface area contributed by atoms with Crippen LogP contribution < -0.4 is 16.4 Å². The molecule has 29 heavy (non-hydrogen) atoms. The maximum atomic E-state index is 12.7. The van der Waals surface area contributed by atoms with Gasteiger partial charge in [-0.15, -0.1) is 0 Å². The number of para-hydroxylation sites is 1. The van der Waals surface area contributed by atoms with Gasteiger partial charge >= 0.3 is 0 Å². The third kappa shape index (κ3) is 4.63. The van der Waals surface area contributed by atoms with Crippen molar-refractivity contribution in [2.24, 2.45) is 11.1 Å². The number of carbonyl (C=O) groups excluding carboxylic acids is 3. The number of nitrogens with one attached hydrogen (secondary N) is 2. The molecule has 3 rings (SSSR count). The van der Waals surface area contributed by atoms with E-state index in [-0.39, 0.29) is 22.8 Å². The largest absolute Gasteiger partial charge is 0.449 e. The second-order valence-electron chi connectivity index (χ2n) is 7.94. The zero-order chi connectivity index (χ0) is 21.2. The molecule has 0 atom stereocenters. The van der Waals surface area contributed by atoms with Gasteiger partial charge in [-0.05, 0) is 41.8 Å². The Bertz CT molecular complexity index is 1080. The lowest BCUT2D eigenvalue weighted by Gasteiger charge is -2.18. The Balaban J connectivity index is 1.78. The molecule has 0 spiro atoms. The molecule has 0 bridgehead atoms. The second kappa shape index (κ2) is 7.79. The zero-order valence-corrected chi connectivity index (χ0v) is 16.5. The molecule has 4 N–H and O–H groups in total. The van der Waals surface area contributed by atoms with Crippen LogP contribution in [-0.2, 0) is 0 Å². The number of nitrogens with two attached hydrogens (primary N) is 1. The normalized spacial score (nSPS) is 11.3. The lowest BCUT2D eigenvalue weighted by Crippen LogP contribution is -2.32. The summed E-state index contributed by atoms with van der Waals surface area (Å²) in [5, 5.41) is 6.13. The minimum absolute atomic E-state index is 0.0268. The van der Waals surface area contributed by atoms with Crippen molar-refractivity contribution >= 4 is 34.4 Å². The summed E-state index contributed by atoms with van der Waals surface area (Å²) in [5.74, 6) is -1.54. The van der Waals surface area contributed by atoms with E-state index in [0.29, 0.717) is 28.6 Å². The third-order valence-electron chi connectivity index (χ3n) is 4.25. The van der Waals surface area contributed by atoms with Gasteiger partial charge in [-0.25, -0.2) is 0 Å². The van der Waals surface area contributed by atoms with Gasteiger partial charge in [0.1, 0.15) is 11.3 Å². The van der Waals surface area contributed by atoms with Gasteiger partial charge in [-0.1, -0.05) is 32.9 Å². The van der Waals surface area contributed by atoms with Gasteiger partial charge in [0.05, 0.1) is 0 Å². The number of amides is 3. The maximum Gasteiger partial charge on any atom is 0.286 e. The first-order valence-corrected chi connectivity index (χ1v) is 9.17. The van der Waals surface area contributed by atoms with Crippen LogP contribution in [0.5, 0.6) is 0 Å². The van der Waals surface area contributed by atoms with Crippen LogP contribution in [0.3, 0.4) is 0 Å². The van der Waals surface area contributed by atoms with Crippen LogP contribution in [0.25, 0.3) is 11.0 Å². The minimum Gasteiger partial charge on any atom is -0.449 e. The predicted molar refractivity (Wildman–Crippen MR) is 111 cm³/mol. The highest BCUT2D eigenvalue weighted by atomic mass is 16.3. The quantitative estimate of drug-likeness (QED) is 0.615. The molecule has 0 aliphatic carbocycles. The van der Waals surface area contributed by atoms with E-state index < -0.39 is 11.8 Å². The summed E-state index contributed by atoms with van der Waals surface area (Å²) in [6.45, 7) is 6.62. The van der Waals surface area contributed by atoms with Crippen LogP contribution in [-0.4, -0.2) is 24.3 Å². The predicted octanol–water partition coefficient (Wildman–Crippen LogP) is 3.56. The highest BCUT2D eigenvalue weighted by Gasteiger charge is 2.21. The fourth-order valence-electron chi connectivity index (χ4n) is 2.75. The molecule has 1 aromatic heterocycles. The van der Waals surface area contributed by atoms with Crippen molar-refractivity contribution in [2.75, 3.05) is 11.9 Å². The first-order valence-electron chi connectivity index (χ1n) is 9.17. The average Bonchev–Trinajstić information content (AvgIpc) is 3.04. The number of anilines is 1. The van der Waals surface area contributed by atoms with Crippen LogP contribution in [0.2, 0.25) is 0 Å². The van der Waals surface area contributed by atoms with Crippen molar-refractivity contribution in [2.45, 2.75) is 20.8 Å². The summed E-state index contributed by atoms with van der Waals surface area (Å²) in [5.41, 5.74) is 6.81. The Morgan fingerprint density at radius 1 is 0.931 bits per heavy atom. The molecule has 0 saturated carbocycles. The number of hydrogen-bond donors (Lipinski definition) is 3. The van der Waals surface area contributed by atoms with Gasteiger partial charge in [0.15, 0.2) is 0 Å². The van der Waals surface area contributed by atoms with Gasteiger partial charge in [0, 0.05) is 23.1 Å². The molecule has 7 heteroatoms. The van der Waals surface area contributed by atoms with E-state index in [0.717, 1.165) is 0 Å². The monoisotopic (exact) mass is 393 g/mol. The number of furan rings is 1. The molecular weight excluding hydrogens is 370 g/mol. The summed E-state index contributed by atoms with van der Waals surface area (Å²) in [7, 11) is 0. The Kier molecular flexibility index (Phi) is 5.41. The standard InChI is InChI=1S/C22H23N3O4/c1-22(2,3)12-24-20(27)13-8-10-14(11-9-13)21(28)25-17-15-6-4-5-7-16(15)29-18(17)19(23)26/h4-11H,12H2,1-3H3,(H2,23,26)(H,24,27)(H,25,28). The van der Waals surface area contributed by atoms with Crippen molar-refractivity contribution in [1.82, 2.24) is 5.32 Å². The summed E-state index contributed by atoms with van der Waals surface area (Å²) in [6.07, 6.45) is 0. The van der Waals surface area contributed by atoms with Gasteiger partial charge in [-0.3, -0.25) is 14.4 Å². The lowest BCUT2D eigenvalue weighted by atomic mass is 9.97. The number of carbonyl (C=O) groups is 3. The van der Waals surface area contributed by atoms with Crippen molar-refractivity contribution in [3.05, 3.63) is 65.4 Å². The van der Waals surface area contributed by atoms with E-state index in [4.69, 9.17) is 10.2 Å². The van der Waals surface area contributed by atoms with E-state index in [2.05, 4.69) is 10.6 Å². The van der Waals surface area contributed by atoms with Crippen LogP contribution in [0.15, 0.2) is 52.9 Å². The highest BCUT2D eigenvalue weighted by Crippen LogP contribution is 2.31. The number of rotatable bonds is 5. The van der Waals surface area contributed by atoms with Gasteiger partial charge < -0.3 is 20.8 Å². The van der Waals surface area contributed by atoms with Crippen molar-refractivity contribution < 1.29 is 18.8 Å². The van der Waals surface area contributed by atoms with Crippen LogP contribution in [0, 0.1) is 5.41 Å². The third-order valence-corrected chi connectivity index (χ3v) is 4.25. The molecular formula is C22H23N3O4. The molecule has 3 aromatic rings. The molecule has 0 fully saturated rings. The van der Waals surface area contributed by atoms with Crippen LogP contribution in [0.1, 0.15) is 52.0 Å². The highest BCUT2D eigenvalue weighted by molar-refractivity contribution is 6.14. The Morgan fingerprint density at radius 3 is 2.10 bits per heavy atom. The summed E-state index contributed by atoms with van der Waals surface area (Å²) >= 11 is 0. The maximum absolute atomic E-state index is 12.7. The second-order valence-corrected chi connectivity index (χ2v) is 7.94. The van der Waals surface area contributed by atoms with E-state index in [9.17, 15) is 14.4 Å². The van der Waals surface area contributed by atoms with Crippen molar-refractivity contribution in [3.8, 4) is 0 Å². The first kappa shape index (κ1) is 20.1. The number of benzene rings is 2. The average molecular weight is 393 g/mol. The molecule has 0 radical (unpaired) electrons. The Labute approximate surface area is 168 Å². The Morgan fingerprint density at radius 2 is 1.52 bits per heavy atom. The summed E-state index contributed by atoms with van der Waals surface area (Å²) < 4.78 is 5.46. The van der Waals surface area contributed by atoms with Crippen molar-refractivity contribution in [3.63, 3.8) is 0 Å². The molecule has 7 nitrogen and oxygen atoms in total. The molecule has 150 valence electrons. The topological polar surface area (TPSA) is 114 Å². The molecule has 1 heterocycles. The van der Waals surface area contributed by atoms with E-state index in [1.165, 1.54) is 0 Å². The number of fused-ring (bicyclic) bond motifs is 1. The molecule has 0 unspecified atom stereocenters. The SMILES string of the molecule is CC(C)(C)CNC(=O)c1ccc(C(=O)Nc2c(C(N)=O)oc3ccccc23)cc1. The summed E-state index contributed by atoms with van der Waals surface area (Å²) in [4.78, 5) is 36.6. The van der Waals surface area contributed by atoms with Gasteiger partial charge in [-0.2, -0.15) is 0 Å². The van der Waals surface area contributed by atoms with E-state index in [1.54, 1.807) is 48.5 Å². The smallest absolute Gasteiger partial charge is 0.286 e. The van der Waals surface area contributed by atoms with Gasteiger partial charge in [0.2, 0.25) is 5.76 Å². The molecule has 0 aliphatic rings. The fraction of sp³-hybridized carbons (Fsp3) is 0.227. The summed E-state index contributed by atoms with van der Waals surface area (Å²) in [6, 6.07) is 13.2. The van der Waals surface area contributed by atoms with Crippen LogP contribution >= 0.6 is 0 Å². The minimum atomic E-state index is -0.776. The van der Waals surface area contributed by atoms with Gasteiger partial charge in [0.25, 0.3) is 17.7 Å². The first-order chi connectivity index (χ1) is 13.7. The number of primary amides is 1. The molecule has 0 aliphatic heterocycles. The Hall–Kier alpha value is -3.61. The van der Waals surface area contributed by atoms with E-state index >= 15 is 0 Å². The number of hydrogen-bond acceptors (Lipinski definition) is 4. The van der Waals surface area contributed by atoms with Crippen LogP contribution in [0.4, 0.5) is 5.69 Å². The zero-order valence-electron chi connectivity index (χ0n) is 16.5. The van der Waals surface area contributed by atoms with E-state index in [1.807, 2.05) is 20.8 Å². The molecule has 3 amide bonds.